The standard InChI is InChI=1S/C19H15F6NO4/c1-30-16-4-2-11(3-5-16)17(27)8-13(10-26(28)29)12-6-14(18(20,21)22)9-15(7-12)19(23,24)25/h2-7,9,13H,8,10H2,1H3. The molecule has 0 saturated carbocycles. The molecule has 5 nitrogen and oxygen atoms in total. The first-order chi connectivity index (χ1) is 13.8. The van der Waals surface area contributed by atoms with Crippen molar-refractivity contribution in [3.63, 3.8) is 0 Å². The van der Waals surface area contributed by atoms with Crippen LogP contribution in [0.4, 0.5) is 26.3 Å². The van der Waals surface area contributed by atoms with Gasteiger partial charge in [-0.3, -0.25) is 14.9 Å². The van der Waals surface area contributed by atoms with Crippen molar-refractivity contribution < 1.29 is 40.8 Å². The number of hydrogen-bond donors (Lipinski definition) is 0. The number of Topliss-reactive ketones (excluding diaryl/α,β-unsaturated/α-hetero) is 1. The van der Waals surface area contributed by atoms with Crippen LogP contribution in [0.15, 0.2) is 42.5 Å². The van der Waals surface area contributed by atoms with Crippen LogP contribution in [0.25, 0.3) is 0 Å². The van der Waals surface area contributed by atoms with Crippen LogP contribution in [0.2, 0.25) is 0 Å². The van der Waals surface area contributed by atoms with E-state index >= 15 is 0 Å². The maximum absolute atomic E-state index is 13.1. The third kappa shape index (κ3) is 5.94. The molecule has 162 valence electrons. The van der Waals surface area contributed by atoms with E-state index in [0.717, 1.165) is 0 Å². The lowest BCUT2D eigenvalue weighted by Gasteiger charge is -2.18. The summed E-state index contributed by atoms with van der Waals surface area (Å²) in [7, 11) is 1.38. The number of alkyl halides is 6. The first kappa shape index (κ1) is 23.2. The van der Waals surface area contributed by atoms with E-state index in [1.165, 1.54) is 31.4 Å². The Balaban J connectivity index is 2.46. The van der Waals surface area contributed by atoms with Crippen LogP contribution in [0, 0.1) is 10.1 Å². The minimum absolute atomic E-state index is 0.0714. The van der Waals surface area contributed by atoms with Crippen LogP contribution in [0.1, 0.15) is 39.4 Å². The second-order valence-corrected chi connectivity index (χ2v) is 6.41. The van der Waals surface area contributed by atoms with Crippen LogP contribution in [0.5, 0.6) is 5.75 Å². The number of carbonyl (C=O) groups excluding carboxylic acids is 1. The average molecular weight is 435 g/mol. The number of halogens is 6. The number of hydrogen-bond acceptors (Lipinski definition) is 4. The van der Waals surface area contributed by atoms with E-state index in [9.17, 15) is 41.3 Å². The molecule has 0 saturated heterocycles. The fourth-order valence-electron chi connectivity index (χ4n) is 2.80. The number of rotatable bonds is 7. The molecule has 0 aliphatic heterocycles. The van der Waals surface area contributed by atoms with Gasteiger partial charge in [0.05, 0.1) is 24.2 Å². The zero-order valence-corrected chi connectivity index (χ0v) is 15.4. The molecule has 1 atom stereocenters. The SMILES string of the molecule is COc1ccc(C(=O)CC(C[N+](=O)[O-])c2cc(C(F)(F)F)cc(C(F)(F)F)c2)cc1. The van der Waals surface area contributed by atoms with Crippen molar-refractivity contribution in [2.24, 2.45) is 0 Å². The Morgan fingerprint density at radius 1 is 1.00 bits per heavy atom. The van der Waals surface area contributed by atoms with Gasteiger partial charge in [-0.25, -0.2) is 0 Å². The number of methoxy groups -OCH3 is 1. The summed E-state index contributed by atoms with van der Waals surface area (Å²) in [6, 6.07) is 6.30. The molecule has 2 rings (SSSR count). The minimum Gasteiger partial charge on any atom is -0.497 e. The summed E-state index contributed by atoms with van der Waals surface area (Å²) in [5, 5.41) is 11.0. The first-order valence-electron chi connectivity index (χ1n) is 8.39. The van der Waals surface area contributed by atoms with Crippen LogP contribution in [-0.2, 0) is 12.4 Å². The fourth-order valence-corrected chi connectivity index (χ4v) is 2.80. The van der Waals surface area contributed by atoms with Crippen molar-refractivity contribution in [3.05, 3.63) is 74.8 Å². The smallest absolute Gasteiger partial charge is 0.416 e. The molecule has 0 radical (unpaired) electrons. The molecular weight excluding hydrogens is 420 g/mol. The second kappa shape index (κ2) is 8.72. The molecule has 2 aromatic rings. The summed E-state index contributed by atoms with van der Waals surface area (Å²) in [5.41, 5.74) is -3.70. The highest BCUT2D eigenvalue weighted by molar-refractivity contribution is 5.96. The van der Waals surface area contributed by atoms with Gasteiger partial charge >= 0.3 is 12.4 Å². The Kier molecular flexibility index (Phi) is 6.73. The van der Waals surface area contributed by atoms with E-state index in [2.05, 4.69) is 0 Å². The maximum atomic E-state index is 13.1. The minimum atomic E-state index is -5.10. The zero-order valence-electron chi connectivity index (χ0n) is 15.4. The van der Waals surface area contributed by atoms with Crippen LogP contribution < -0.4 is 4.74 Å². The molecule has 0 spiro atoms. The molecule has 0 heterocycles. The van der Waals surface area contributed by atoms with Crippen molar-refractivity contribution >= 4 is 5.78 Å². The van der Waals surface area contributed by atoms with Gasteiger partial charge in [0, 0.05) is 16.9 Å². The highest BCUT2D eigenvalue weighted by atomic mass is 19.4. The molecule has 0 aliphatic carbocycles. The highest BCUT2D eigenvalue weighted by Crippen LogP contribution is 2.38. The average Bonchev–Trinajstić information content (AvgIpc) is 2.65. The summed E-state index contributed by atoms with van der Waals surface area (Å²) >= 11 is 0. The number of nitrogens with zero attached hydrogens (tertiary/aromatic N) is 1. The molecule has 0 N–H and O–H groups in total. The lowest BCUT2D eigenvalue weighted by Crippen LogP contribution is -2.19. The number of carbonyl (C=O) groups is 1. The molecule has 0 aliphatic rings. The summed E-state index contributed by atoms with van der Waals surface area (Å²) in [4.78, 5) is 22.6. The lowest BCUT2D eigenvalue weighted by atomic mass is 9.89. The van der Waals surface area contributed by atoms with E-state index in [1.54, 1.807) is 0 Å². The number of benzene rings is 2. The summed E-state index contributed by atoms with van der Waals surface area (Å²) in [6.45, 7) is -1.01. The molecule has 0 aromatic heterocycles. The summed E-state index contributed by atoms with van der Waals surface area (Å²) in [5.74, 6) is -1.74. The zero-order chi connectivity index (χ0) is 22.7. The van der Waals surface area contributed by atoms with Crippen molar-refractivity contribution in [3.8, 4) is 5.75 Å². The molecule has 0 bridgehead atoms. The van der Waals surface area contributed by atoms with Crippen LogP contribution >= 0.6 is 0 Å². The topological polar surface area (TPSA) is 69.4 Å². The van der Waals surface area contributed by atoms with E-state index in [-0.39, 0.29) is 11.6 Å². The van der Waals surface area contributed by atoms with Crippen LogP contribution in [0.3, 0.4) is 0 Å². The lowest BCUT2D eigenvalue weighted by molar-refractivity contribution is -0.483. The third-order valence-electron chi connectivity index (χ3n) is 4.29. The quantitative estimate of drug-likeness (QED) is 0.254. The Bertz CT molecular complexity index is 890. The summed E-state index contributed by atoms with van der Waals surface area (Å²) < 4.78 is 83.4. The summed E-state index contributed by atoms with van der Waals surface area (Å²) in [6.07, 6.45) is -10.9. The van der Waals surface area contributed by atoms with Gasteiger partial charge in [-0.1, -0.05) is 0 Å². The van der Waals surface area contributed by atoms with Crippen molar-refractivity contribution in [1.29, 1.82) is 0 Å². The van der Waals surface area contributed by atoms with Gasteiger partial charge in [-0.05, 0) is 48.0 Å². The number of ketones is 1. The van der Waals surface area contributed by atoms with E-state index in [4.69, 9.17) is 4.74 Å². The highest BCUT2D eigenvalue weighted by Gasteiger charge is 2.38. The van der Waals surface area contributed by atoms with Crippen molar-refractivity contribution in [1.82, 2.24) is 0 Å². The predicted octanol–water partition coefficient (Wildman–Crippen LogP) is 5.37. The number of nitro groups is 1. The fraction of sp³-hybridized carbons (Fsp3) is 0.316. The molecule has 11 heteroatoms. The molecular formula is C19H15F6NO4. The van der Waals surface area contributed by atoms with Crippen LogP contribution in [-0.4, -0.2) is 24.4 Å². The van der Waals surface area contributed by atoms with Gasteiger partial charge in [0.1, 0.15) is 5.75 Å². The maximum Gasteiger partial charge on any atom is 0.416 e. The third-order valence-corrected chi connectivity index (χ3v) is 4.29. The predicted molar refractivity (Wildman–Crippen MR) is 93.0 cm³/mol. The Labute approximate surface area is 166 Å². The number of ether oxygens (including phenoxy) is 1. The van der Waals surface area contributed by atoms with Gasteiger partial charge < -0.3 is 4.74 Å². The van der Waals surface area contributed by atoms with Gasteiger partial charge in [-0.2, -0.15) is 26.3 Å². The Hall–Kier alpha value is -3.11. The molecule has 2 aromatic carbocycles. The second-order valence-electron chi connectivity index (χ2n) is 6.41. The van der Waals surface area contributed by atoms with E-state index in [1.807, 2.05) is 0 Å². The Morgan fingerprint density at radius 3 is 1.90 bits per heavy atom. The monoisotopic (exact) mass is 435 g/mol. The largest absolute Gasteiger partial charge is 0.497 e. The van der Waals surface area contributed by atoms with E-state index in [0.29, 0.717) is 17.9 Å². The molecule has 0 amide bonds. The van der Waals surface area contributed by atoms with Gasteiger partial charge in [0.25, 0.3) is 0 Å². The molecule has 0 fully saturated rings. The van der Waals surface area contributed by atoms with Gasteiger partial charge in [0.15, 0.2) is 5.78 Å². The molecule has 1 unspecified atom stereocenters. The van der Waals surface area contributed by atoms with Crippen molar-refractivity contribution in [2.75, 3.05) is 13.7 Å². The van der Waals surface area contributed by atoms with Gasteiger partial charge in [-0.15, -0.1) is 0 Å². The molecule has 30 heavy (non-hydrogen) atoms. The van der Waals surface area contributed by atoms with Gasteiger partial charge in [0.2, 0.25) is 6.54 Å². The van der Waals surface area contributed by atoms with E-state index < -0.39 is 58.6 Å². The Morgan fingerprint density at radius 2 is 1.50 bits per heavy atom. The van der Waals surface area contributed by atoms with Crippen molar-refractivity contribution in [2.45, 2.75) is 24.7 Å². The first-order valence-corrected chi connectivity index (χ1v) is 8.39. The normalized spacial score (nSPS) is 13.0.